The van der Waals surface area contributed by atoms with Gasteiger partial charge in [0.1, 0.15) is 5.82 Å². The van der Waals surface area contributed by atoms with Crippen LogP contribution in [0.3, 0.4) is 0 Å². The van der Waals surface area contributed by atoms with Crippen LogP contribution in [0.2, 0.25) is 0 Å². The van der Waals surface area contributed by atoms with Crippen LogP contribution in [0.25, 0.3) is 16.6 Å². The number of pyridine rings is 2. The van der Waals surface area contributed by atoms with Crippen molar-refractivity contribution in [1.82, 2.24) is 9.55 Å². The maximum absolute atomic E-state index is 13.0. The van der Waals surface area contributed by atoms with Crippen LogP contribution in [0.4, 0.5) is 0 Å². The number of nitrogens with zero attached hydrogens (tertiary/aromatic N) is 2. The van der Waals surface area contributed by atoms with Crippen LogP contribution in [0, 0.1) is 6.92 Å². The molecule has 118 valence electrons. The Morgan fingerprint density at radius 1 is 1.00 bits per heavy atom. The van der Waals surface area contributed by atoms with Gasteiger partial charge in [0.05, 0.1) is 0 Å². The van der Waals surface area contributed by atoms with E-state index in [1.165, 1.54) is 18.4 Å². The van der Waals surface area contributed by atoms with Crippen LogP contribution in [0.15, 0.2) is 53.5 Å². The molecule has 0 saturated heterocycles. The first-order valence-corrected chi connectivity index (χ1v) is 8.28. The Morgan fingerprint density at radius 2 is 1.74 bits per heavy atom. The SMILES string of the molecule is CCCCCc1c(C)n(-c2ccccn2)c(=O)c2ccccc12. The summed E-state index contributed by atoms with van der Waals surface area (Å²) in [6.45, 7) is 4.24. The molecular weight excluding hydrogens is 284 g/mol. The number of hydrogen-bond donors (Lipinski definition) is 0. The summed E-state index contributed by atoms with van der Waals surface area (Å²) in [5.41, 5.74) is 2.28. The average Bonchev–Trinajstić information content (AvgIpc) is 2.59. The van der Waals surface area contributed by atoms with Gasteiger partial charge in [-0.3, -0.25) is 9.36 Å². The fourth-order valence-electron chi connectivity index (χ4n) is 3.16. The van der Waals surface area contributed by atoms with Crippen LogP contribution in [0.5, 0.6) is 0 Å². The molecule has 0 aliphatic heterocycles. The number of aryl methyl sites for hydroxylation is 1. The zero-order valence-corrected chi connectivity index (χ0v) is 13.7. The largest absolute Gasteiger partial charge is 0.268 e. The van der Waals surface area contributed by atoms with Crippen molar-refractivity contribution in [3.8, 4) is 5.82 Å². The summed E-state index contributed by atoms with van der Waals surface area (Å²) in [5, 5.41) is 1.86. The minimum Gasteiger partial charge on any atom is -0.268 e. The van der Waals surface area contributed by atoms with E-state index in [-0.39, 0.29) is 5.56 Å². The van der Waals surface area contributed by atoms with Gasteiger partial charge in [-0.05, 0) is 48.9 Å². The lowest BCUT2D eigenvalue weighted by Gasteiger charge is -2.16. The number of rotatable bonds is 5. The highest BCUT2D eigenvalue weighted by molar-refractivity contribution is 5.86. The molecule has 3 heteroatoms. The van der Waals surface area contributed by atoms with E-state index in [4.69, 9.17) is 0 Å². The van der Waals surface area contributed by atoms with E-state index in [1.54, 1.807) is 10.8 Å². The van der Waals surface area contributed by atoms with E-state index in [0.717, 1.165) is 29.3 Å². The lowest BCUT2D eigenvalue weighted by Crippen LogP contribution is -2.23. The number of unbranched alkanes of at least 4 members (excludes halogenated alkanes) is 2. The van der Waals surface area contributed by atoms with E-state index in [1.807, 2.05) is 43.3 Å². The Hall–Kier alpha value is -2.42. The molecule has 3 nitrogen and oxygen atoms in total. The molecule has 0 atom stereocenters. The van der Waals surface area contributed by atoms with Crippen LogP contribution >= 0.6 is 0 Å². The molecule has 3 rings (SSSR count). The smallest absolute Gasteiger partial charge is 0.264 e. The Kier molecular flexibility index (Phi) is 4.56. The molecule has 0 radical (unpaired) electrons. The summed E-state index contributed by atoms with van der Waals surface area (Å²) in [7, 11) is 0. The minimum atomic E-state index is 0.0102. The number of hydrogen-bond acceptors (Lipinski definition) is 2. The number of benzene rings is 1. The molecular formula is C20H22N2O. The molecule has 0 bridgehead atoms. The normalized spacial score (nSPS) is 11.0. The van der Waals surface area contributed by atoms with E-state index in [9.17, 15) is 4.79 Å². The predicted molar refractivity (Wildman–Crippen MR) is 95.3 cm³/mol. The summed E-state index contributed by atoms with van der Waals surface area (Å²) in [6, 6.07) is 13.6. The molecule has 0 aliphatic rings. The molecule has 0 amide bonds. The van der Waals surface area contributed by atoms with Gasteiger partial charge in [0.2, 0.25) is 0 Å². The topological polar surface area (TPSA) is 34.9 Å². The van der Waals surface area contributed by atoms with Crippen LogP contribution in [0.1, 0.15) is 37.4 Å². The van der Waals surface area contributed by atoms with Crippen molar-refractivity contribution in [1.29, 1.82) is 0 Å². The maximum atomic E-state index is 13.0. The molecule has 3 aromatic rings. The van der Waals surface area contributed by atoms with Crippen LogP contribution in [-0.2, 0) is 6.42 Å². The molecule has 2 heterocycles. The Labute approximate surface area is 136 Å². The van der Waals surface area contributed by atoms with E-state index in [0.29, 0.717) is 5.82 Å². The Balaban J connectivity index is 2.26. The van der Waals surface area contributed by atoms with Crippen molar-refractivity contribution >= 4 is 10.8 Å². The van der Waals surface area contributed by atoms with Gasteiger partial charge >= 0.3 is 0 Å². The van der Waals surface area contributed by atoms with Gasteiger partial charge in [-0.25, -0.2) is 4.98 Å². The fourth-order valence-corrected chi connectivity index (χ4v) is 3.16. The zero-order chi connectivity index (χ0) is 16.2. The second-order valence-corrected chi connectivity index (χ2v) is 5.90. The summed E-state index contributed by atoms with van der Waals surface area (Å²) in [5.74, 6) is 0.692. The van der Waals surface area contributed by atoms with Gasteiger partial charge in [-0.15, -0.1) is 0 Å². The Bertz CT molecular complexity index is 866. The van der Waals surface area contributed by atoms with Gasteiger partial charge in [0.15, 0.2) is 0 Å². The van der Waals surface area contributed by atoms with Gasteiger partial charge in [-0.1, -0.05) is 44.0 Å². The first-order valence-electron chi connectivity index (χ1n) is 8.28. The van der Waals surface area contributed by atoms with Crippen molar-refractivity contribution in [2.75, 3.05) is 0 Å². The monoisotopic (exact) mass is 306 g/mol. The minimum absolute atomic E-state index is 0.0102. The maximum Gasteiger partial charge on any atom is 0.264 e. The highest BCUT2D eigenvalue weighted by atomic mass is 16.1. The number of aromatic nitrogens is 2. The summed E-state index contributed by atoms with van der Waals surface area (Å²) in [4.78, 5) is 17.3. The van der Waals surface area contributed by atoms with E-state index in [2.05, 4.69) is 18.0 Å². The molecule has 23 heavy (non-hydrogen) atoms. The van der Waals surface area contributed by atoms with E-state index < -0.39 is 0 Å². The quantitative estimate of drug-likeness (QED) is 0.654. The van der Waals surface area contributed by atoms with Crippen molar-refractivity contribution in [3.63, 3.8) is 0 Å². The molecule has 2 aromatic heterocycles. The molecule has 0 aliphatic carbocycles. The average molecular weight is 306 g/mol. The number of fused-ring (bicyclic) bond motifs is 1. The fraction of sp³-hybridized carbons (Fsp3) is 0.300. The third kappa shape index (κ3) is 2.91. The van der Waals surface area contributed by atoms with E-state index >= 15 is 0 Å². The molecule has 0 unspecified atom stereocenters. The standard InChI is InChI=1S/C20H22N2O/c1-3-4-5-10-16-15(2)22(19-13-8-9-14-21-19)20(23)18-12-7-6-11-17(16)18/h6-9,11-14H,3-5,10H2,1-2H3. The van der Waals surface area contributed by atoms with Crippen LogP contribution < -0.4 is 5.56 Å². The Morgan fingerprint density at radius 3 is 2.43 bits per heavy atom. The van der Waals surface area contributed by atoms with Gasteiger partial charge in [0, 0.05) is 17.3 Å². The molecule has 0 fully saturated rings. The predicted octanol–water partition coefficient (Wildman–Crippen LogP) is 4.43. The molecule has 1 aromatic carbocycles. The summed E-state index contributed by atoms with van der Waals surface area (Å²) >= 11 is 0. The first-order chi connectivity index (χ1) is 11.2. The van der Waals surface area contributed by atoms with Crippen LogP contribution in [-0.4, -0.2) is 9.55 Å². The van der Waals surface area contributed by atoms with Gasteiger partial charge < -0.3 is 0 Å². The summed E-state index contributed by atoms with van der Waals surface area (Å²) in [6.07, 6.45) is 6.26. The first kappa shape index (κ1) is 15.5. The van der Waals surface area contributed by atoms with Crippen molar-refractivity contribution < 1.29 is 0 Å². The molecule has 0 spiro atoms. The second-order valence-electron chi connectivity index (χ2n) is 5.90. The van der Waals surface area contributed by atoms with Crippen molar-refractivity contribution in [2.45, 2.75) is 39.5 Å². The molecule has 0 N–H and O–H groups in total. The lowest BCUT2D eigenvalue weighted by molar-refractivity contribution is 0.711. The van der Waals surface area contributed by atoms with Crippen molar-refractivity contribution in [2.24, 2.45) is 0 Å². The highest BCUT2D eigenvalue weighted by Crippen LogP contribution is 2.23. The second kappa shape index (κ2) is 6.78. The highest BCUT2D eigenvalue weighted by Gasteiger charge is 2.14. The third-order valence-electron chi connectivity index (χ3n) is 4.37. The van der Waals surface area contributed by atoms with Gasteiger partial charge in [-0.2, -0.15) is 0 Å². The van der Waals surface area contributed by atoms with Crippen molar-refractivity contribution in [3.05, 3.63) is 70.3 Å². The lowest BCUT2D eigenvalue weighted by atomic mass is 9.98. The summed E-state index contributed by atoms with van der Waals surface area (Å²) < 4.78 is 1.75. The third-order valence-corrected chi connectivity index (χ3v) is 4.37. The molecule has 0 saturated carbocycles. The zero-order valence-electron chi connectivity index (χ0n) is 13.7. The van der Waals surface area contributed by atoms with Gasteiger partial charge in [0.25, 0.3) is 5.56 Å².